The maximum atomic E-state index is 9.32. The lowest BCUT2D eigenvalue weighted by Gasteiger charge is -2.37. The van der Waals surface area contributed by atoms with Gasteiger partial charge in [0, 0.05) is 61.4 Å². The van der Waals surface area contributed by atoms with E-state index in [0.717, 1.165) is 37.4 Å². The highest BCUT2D eigenvalue weighted by Crippen LogP contribution is 2.35. The van der Waals surface area contributed by atoms with Crippen molar-refractivity contribution in [3.63, 3.8) is 0 Å². The van der Waals surface area contributed by atoms with Gasteiger partial charge in [-0.3, -0.25) is 4.98 Å². The predicted molar refractivity (Wildman–Crippen MR) is 127 cm³/mol. The number of aromatic amines is 1. The van der Waals surface area contributed by atoms with Crippen LogP contribution in [0.15, 0.2) is 67.0 Å². The summed E-state index contributed by atoms with van der Waals surface area (Å²) in [6, 6.07) is 18.8. The Morgan fingerprint density at radius 2 is 1.90 bits per heavy atom. The molecule has 0 saturated carbocycles. The molecule has 1 aliphatic rings. The van der Waals surface area contributed by atoms with Gasteiger partial charge in [0.1, 0.15) is 0 Å². The van der Waals surface area contributed by atoms with E-state index in [9.17, 15) is 5.11 Å². The standard InChI is InChI=1S/C25H27N5O/c1-29-12-13-30(11-9-18-16-27-23-5-3-2-4-22(18)23)24-7-6-19(15-25(24)29)28-20-8-10-26-21(14-20)17-31/h2-8,10,14-16,27,31H,9,11-13,17H2,1H3,(H,26,28). The molecule has 6 heteroatoms. The van der Waals surface area contributed by atoms with E-state index in [1.165, 1.54) is 27.8 Å². The fourth-order valence-corrected chi connectivity index (χ4v) is 4.32. The van der Waals surface area contributed by atoms with E-state index < -0.39 is 0 Å². The van der Waals surface area contributed by atoms with Gasteiger partial charge in [-0.1, -0.05) is 18.2 Å². The van der Waals surface area contributed by atoms with Gasteiger partial charge in [-0.25, -0.2) is 0 Å². The Morgan fingerprint density at radius 3 is 2.81 bits per heavy atom. The molecule has 0 atom stereocenters. The van der Waals surface area contributed by atoms with Crippen molar-refractivity contribution in [1.29, 1.82) is 0 Å². The number of likely N-dealkylation sites (N-methyl/N-ethyl adjacent to an activating group) is 1. The van der Waals surface area contributed by atoms with Crippen molar-refractivity contribution in [3.05, 3.63) is 78.2 Å². The summed E-state index contributed by atoms with van der Waals surface area (Å²) < 4.78 is 0. The van der Waals surface area contributed by atoms with Crippen LogP contribution in [0.1, 0.15) is 11.3 Å². The first-order chi connectivity index (χ1) is 15.2. The van der Waals surface area contributed by atoms with Gasteiger partial charge in [0.2, 0.25) is 0 Å². The maximum Gasteiger partial charge on any atom is 0.0853 e. The second-order valence-corrected chi connectivity index (χ2v) is 8.04. The summed E-state index contributed by atoms with van der Waals surface area (Å²) >= 11 is 0. The maximum absolute atomic E-state index is 9.32. The molecule has 158 valence electrons. The normalized spacial score (nSPS) is 13.5. The predicted octanol–water partition coefficient (Wildman–Crippen LogP) is 4.30. The molecule has 0 saturated heterocycles. The molecule has 0 radical (unpaired) electrons. The topological polar surface area (TPSA) is 67.4 Å². The van der Waals surface area contributed by atoms with Gasteiger partial charge in [0.15, 0.2) is 0 Å². The molecule has 3 heterocycles. The van der Waals surface area contributed by atoms with Crippen LogP contribution < -0.4 is 15.1 Å². The number of pyridine rings is 1. The SMILES string of the molecule is CN1CCN(CCc2c[nH]c3ccccc23)c2ccc(Nc3ccnc(CO)c3)cc21. The third-order valence-electron chi connectivity index (χ3n) is 6.03. The molecule has 0 amide bonds. The third-order valence-corrected chi connectivity index (χ3v) is 6.03. The number of aliphatic hydroxyl groups excluding tert-OH is 1. The van der Waals surface area contributed by atoms with Gasteiger partial charge in [0.05, 0.1) is 23.7 Å². The number of hydrogen-bond donors (Lipinski definition) is 3. The van der Waals surface area contributed by atoms with E-state index in [-0.39, 0.29) is 6.61 Å². The van der Waals surface area contributed by atoms with Crippen molar-refractivity contribution in [1.82, 2.24) is 9.97 Å². The minimum absolute atomic E-state index is 0.0617. The van der Waals surface area contributed by atoms with Crippen LogP contribution in [0, 0.1) is 0 Å². The number of para-hydroxylation sites is 1. The van der Waals surface area contributed by atoms with Crippen LogP contribution in [-0.4, -0.2) is 41.8 Å². The van der Waals surface area contributed by atoms with Crippen LogP contribution >= 0.6 is 0 Å². The molecule has 5 rings (SSSR count). The highest BCUT2D eigenvalue weighted by molar-refractivity contribution is 5.83. The van der Waals surface area contributed by atoms with Crippen molar-refractivity contribution in [2.45, 2.75) is 13.0 Å². The van der Waals surface area contributed by atoms with Gasteiger partial charge in [0.25, 0.3) is 0 Å². The number of aliphatic hydroxyl groups is 1. The van der Waals surface area contributed by atoms with Crippen LogP contribution in [0.3, 0.4) is 0 Å². The smallest absolute Gasteiger partial charge is 0.0853 e. The average molecular weight is 414 g/mol. The van der Waals surface area contributed by atoms with Gasteiger partial charge in [-0.2, -0.15) is 0 Å². The highest BCUT2D eigenvalue weighted by Gasteiger charge is 2.21. The number of hydrogen-bond acceptors (Lipinski definition) is 5. The molecule has 0 fully saturated rings. The highest BCUT2D eigenvalue weighted by atomic mass is 16.3. The molecule has 2 aromatic carbocycles. The third kappa shape index (κ3) is 3.94. The zero-order chi connectivity index (χ0) is 21.2. The number of H-pyrrole nitrogens is 1. The fraction of sp³-hybridized carbons (Fsp3) is 0.240. The molecule has 0 unspecified atom stereocenters. The first-order valence-electron chi connectivity index (χ1n) is 10.7. The molecule has 6 nitrogen and oxygen atoms in total. The molecule has 0 bridgehead atoms. The van der Waals surface area contributed by atoms with Crippen LogP contribution in [-0.2, 0) is 13.0 Å². The van der Waals surface area contributed by atoms with Crippen molar-refractivity contribution >= 4 is 33.7 Å². The largest absolute Gasteiger partial charge is 0.390 e. The number of rotatable bonds is 6. The number of nitrogens with one attached hydrogen (secondary N) is 2. The summed E-state index contributed by atoms with van der Waals surface area (Å²) in [4.78, 5) is 12.3. The molecule has 4 aromatic rings. The van der Waals surface area contributed by atoms with E-state index in [1.54, 1.807) is 6.20 Å². The lowest BCUT2D eigenvalue weighted by Crippen LogP contribution is -2.40. The zero-order valence-corrected chi connectivity index (χ0v) is 17.7. The fourth-order valence-electron chi connectivity index (χ4n) is 4.32. The minimum atomic E-state index is -0.0617. The lowest BCUT2D eigenvalue weighted by atomic mass is 10.1. The molecular weight excluding hydrogens is 386 g/mol. The Kier molecular flexibility index (Phi) is 5.22. The van der Waals surface area contributed by atoms with Gasteiger partial charge in [-0.15, -0.1) is 0 Å². The Labute approximate surface area is 182 Å². The second kappa shape index (κ2) is 8.32. The van der Waals surface area contributed by atoms with Crippen molar-refractivity contribution in [2.24, 2.45) is 0 Å². The van der Waals surface area contributed by atoms with Crippen molar-refractivity contribution in [2.75, 3.05) is 41.8 Å². The second-order valence-electron chi connectivity index (χ2n) is 8.04. The van der Waals surface area contributed by atoms with Gasteiger partial charge in [-0.05, 0) is 48.4 Å². The number of anilines is 4. The summed E-state index contributed by atoms with van der Waals surface area (Å²) in [7, 11) is 2.15. The number of nitrogens with zero attached hydrogens (tertiary/aromatic N) is 3. The van der Waals surface area contributed by atoms with E-state index in [1.807, 2.05) is 12.1 Å². The summed E-state index contributed by atoms with van der Waals surface area (Å²) in [5.41, 5.74) is 7.67. The van der Waals surface area contributed by atoms with Crippen LogP contribution in [0.5, 0.6) is 0 Å². The van der Waals surface area contributed by atoms with E-state index in [4.69, 9.17) is 0 Å². The Bertz CT molecular complexity index is 1200. The molecule has 3 N–H and O–H groups in total. The van der Waals surface area contributed by atoms with Gasteiger partial charge >= 0.3 is 0 Å². The zero-order valence-electron chi connectivity index (χ0n) is 17.7. The molecule has 31 heavy (non-hydrogen) atoms. The minimum Gasteiger partial charge on any atom is -0.390 e. The van der Waals surface area contributed by atoms with Crippen molar-refractivity contribution in [3.8, 4) is 0 Å². The molecule has 0 spiro atoms. The summed E-state index contributed by atoms with van der Waals surface area (Å²) in [5, 5.41) is 14.1. The first-order valence-corrected chi connectivity index (χ1v) is 10.7. The monoisotopic (exact) mass is 413 g/mol. The van der Waals surface area contributed by atoms with Crippen LogP contribution in [0.4, 0.5) is 22.7 Å². The van der Waals surface area contributed by atoms with E-state index in [2.05, 4.69) is 80.8 Å². The number of benzene rings is 2. The van der Waals surface area contributed by atoms with E-state index >= 15 is 0 Å². The number of fused-ring (bicyclic) bond motifs is 2. The summed E-state index contributed by atoms with van der Waals surface area (Å²) in [5.74, 6) is 0. The lowest BCUT2D eigenvalue weighted by molar-refractivity contribution is 0.277. The molecule has 0 aliphatic carbocycles. The summed E-state index contributed by atoms with van der Waals surface area (Å²) in [6.45, 7) is 2.94. The molecule has 2 aromatic heterocycles. The van der Waals surface area contributed by atoms with Crippen molar-refractivity contribution < 1.29 is 5.11 Å². The average Bonchev–Trinajstić information content (AvgIpc) is 3.22. The molecule has 1 aliphatic heterocycles. The Morgan fingerprint density at radius 1 is 1.03 bits per heavy atom. The molecular formula is C25H27N5O. The Balaban J connectivity index is 1.35. The number of aromatic nitrogens is 2. The Hall–Kier alpha value is -3.51. The quantitative estimate of drug-likeness (QED) is 0.440. The van der Waals surface area contributed by atoms with Crippen LogP contribution in [0.2, 0.25) is 0 Å². The first kappa shape index (κ1) is 19.5. The van der Waals surface area contributed by atoms with E-state index in [0.29, 0.717) is 5.69 Å². The van der Waals surface area contributed by atoms with Crippen LogP contribution in [0.25, 0.3) is 10.9 Å². The summed E-state index contributed by atoms with van der Waals surface area (Å²) in [6.07, 6.45) is 4.86. The van der Waals surface area contributed by atoms with Gasteiger partial charge < -0.3 is 25.2 Å².